The topological polar surface area (TPSA) is 59.0 Å². The van der Waals surface area contributed by atoms with Gasteiger partial charge < -0.3 is 0 Å². The molecule has 1 N–H and O–H groups in total. The van der Waals surface area contributed by atoms with Crippen molar-refractivity contribution < 1.29 is 9.60 Å². The van der Waals surface area contributed by atoms with Gasteiger partial charge in [0.1, 0.15) is 0 Å². The van der Waals surface area contributed by atoms with Crippen molar-refractivity contribution in [1.82, 2.24) is 0 Å². The lowest BCUT2D eigenvalue weighted by molar-refractivity contribution is -0.650. The predicted molar refractivity (Wildman–Crippen MR) is 38.6 cm³/mol. The first-order valence-electron chi connectivity index (χ1n) is 3.07. The Bertz CT molecular complexity index is 274. The summed E-state index contributed by atoms with van der Waals surface area (Å²) in [6, 6.07) is 3.04. The Balaban J connectivity index is 3.01. The summed E-state index contributed by atoms with van der Waals surface area (Å²) in [5.41, 5.74) is 2.81. The van der Waals surface area contributed by atoms with Crippen LogP contribution in [0.1, 0.15) is 0 Å². The zero-order chi connectivity index (χ0) is 8.27. The molecule has 0 atom stereocenters. The van der Waals surface area contributed by atoms with Crippen molar-refractivity contribution in [1.29, 1.82) is 0 Å². The van der Waals surface area contributed by atoms with Crippen LogP contribution in [0.3, 0.4) is 0 Å². The smallest absolute Gasteiger partial charge is 0.258 e. The van der Waals surface area contributed by atoms with Crippen molar-refractivity contribution in [2.24, 2.45) is 0 Å². The van der Waals surface area contributed by atoms with Crippen LogP contribution in [0.15, 0.2) is 24.5 Å². The Labute approximate surface area is 63.4 Å². The van der Waals surface area contributed by atoms with Crippen molar-refractivity contribution in [2.45, 2.75) is 0 Å². The van der Waals surface area contributed by atoms with Crippen molar-refractivity contribution in [2.75, 3.05) is 12.5 Å². The van der Waals surface area contributed by atoms with Crippen molar-refractivity contribution in [3.8, 4) is 0 Å². The summed E-state index contributed by atoms with van der Waals surface area (Å²) in [6.45, 7) is 0. The first-order chi connectivity index (χ1) is 5.24. The van der Waals surface area contributed by atoms with Gasteiger partial charge in [-0.15, -0.1) is 0 Å². The van der Waals surface area contributed by atoms with Crippen LogP contribution in [-0.2, 0) is 0 Å². The minimum absolute atomic E-state index is 0.0712. The Morgan fingerprint density at radius 3 is 3.00 bits per heavy atom. The average molecular weight is 154 g/mol. The second kappa shape index (κ2) is 2.96. The highest BCUT2D eigenvalue weighted by Crippen LogP contribution is 2.03. The molecule has 1 aromatic rings. The minimum atomic E-state index is -0.437. The number of aromatic nitrogens is 1. The third-order valence-corrected chi connectivity index (χ3v) is 1.25. The standard InChI is InChI=1S/C6H8N3O2/c1-7-8-4-2-3-6(5-8)9(10)11/h2-5,7H,1H3/q+1. The largest absolute Gasteiger partial charge is 0.335 e. The lowest BCUT2D eigenvalue weighted by Crippen LogP contribution is -2.41. The fourth-order valence-corrected chi connectivity index (χ4v) is 0.710. The van der Waals surface area contributed by atoms with E-state index in [1.54, 1.807) is 19.3 Å². The van der Waals surface area contributed by atoms with Gasteiger partial charge in [-0.05, 0) is 0 Å². The number of nitrogens with zero attached hydrogens (tertiary/aromatic N) is 2. The molecule has 5 nitrogen and oxygen atoms in total. The molecule has 0 saturated heterocycles. The van der Waals surface area contributed by atoms with Gasteiger partial charge in [0.2, 0.25) is 0 Å². The van der Waals surface area contributed by atoms with Gasteiger partial charge in [0.15, 0.2) is 6.20 Å². The van der Waals surface area contributed by atoms with E-state index >= 15 is 0 Å². The first kappa shape index (κ1) is 7.46. The number of pyridine rings is 1. The summed E-state index contributed by atoms with van der Waals surface area (Å²) in [4.78, 5) is 9.80. The molecule has 0 saturated carbocycles. The summed E-state index contributed by atoms with van der Waals surface area (Å²) >= 11 is 0. The van der Waals surface area contributed by atoms with Crippen LogP contribution in [0.5, 0.6) is 0 Å². The predicted octanol–water partition coefficient (Wildman–Crippen LogP) is 0.0556. The maximum Gasteiger partial charge on any atom is 0.335 e. The Morgan fingerprint density at radius 2 is 2.45 bits per heavy atom. The normalized spacial score (nSPS) is 9.18. The molecule has 5 heteroatoms. The summed E-state index contributed by atoms with van der Waals surface area (Å²) in [7, 11) is 1.68. The molecule has 11 heavy (non-hydrogen) atoms. The van der Waals surface area contributed by atoms with E-state index in [2.05, 4.69) is 5.43 Å². The van der Waals surface area contributed by atoms with Gasteiger partial charge in [0.05, 0.1) is 12.0 Å². The number of nitrogens with one attached hydrogen (secondary N) is 1. The minimum Gasteiger partial charge on any atom is -0.258 e. The summed E-state index contributed by atoms with van der Waals surface area (Å²) in [5.74, 6) is 0. The van der Waals surface area contributed by atoms with E-state index in [0.29, 0.717) is 0 Å². The molecule has 0 aliphatic rings. The zero-order valence-electron chi connectivity index (χ0n) is 6.02. The Hall–Kier alpha value is -1.65. The summed E-state index contributed by atoms with van der Waals surface area (Å²) in [5, 5.41) is 10.2. The van der Waals surface area contributed by atoms with Crippen LogP contribution in [0, 0.1) is 10.1 Å². The van der Waals surface area contributed by atoms with Crippen LogP contribution in [0.2, 0.25) is 0 Å². The van der Waals surface area contributed by atoms with Gasteiger partial charge in [0.25, 0.3) is 6.20 Å². The van der Waals surface area contributed by atoms with Gasteiger partial charge in [-0.2, -0.15) is 5.43 Å². The van der Waals surface area contributed by atoms with E-state index in [1.165, 1.54) is 16.9 Å². The van der Waals surface area contributed by atoms with Crippen LogP contribution in [0.4, 0.5) is 5.69 Å². The molecule has 0 fully saturated rings. The molecule has 1 rings (SSSR count). The average Bonchev–Trinajstić information content (AvgIpc) is 2.05. The highest BCUT2D eigenvalue weighted by atomic mass is 16.6. The van der Waals surface area contributed by atoms with Gasteiger partial charge in [-0.25, -0.2) is 0 Å². The third kappa shape index (κ3) is 1.64. The van der Waals surface area contributed by atoms with E-state index in [1.807, 2.05) is 0 Å². The molecular weight excluding hydrogens is 146 g/mol. The highest BCUT2D eigenvalue weighted by Gasteiger charge is 2.09. The van der Waals surface area contributed by atoms with Crippen molar-refractivity contribution >= 4 is 5.69 Å². The zero-order valence-corrected chi connectivity index (χ0v) is 6.02. The fraction of sp³-hybridized carbons (Fsp3) is 0.167. The number of hydrogen-bond donors (Lipinski definition) is 1. The number of hydrogen-bond acceptors (Lipinski definition) is 3. The Kier molecular flexibility index (Phi) is 2.00. The second-order valence-electron chi connectivity index (χ2n) is 1.95. The second-order valence-corrected chi connectivity index (χ2v) is 1.95. The number of nitro groups is 1. The van der Waals surface area contributed by atoms with Gasteiger partial charge >= 0.3 is 5.69 Å². The van der Waals surface area contributed by atoms with Gasteiger partial charge in [-0.1, -0.05) is 4.68 Å². The molecule has 0 bridgehead atoms. The lowest BCUT2D eigenvalue weighted by atomic mass is 10.4. The van der Waals surface area contributed by atoms with E-state index < -0.39 is 4.92 Å². The molecule has 0 unspecified atom stereocenters. The van der Waals surface area contributed by atoms with E-state index in [0.717, 1.165) is 0 Å². The molecule has 0 amide bonds. The van der Waals surface area contributed by atoms with Crippen molar-refractivity contribution in [3.63, 3.8) is 0 Å². The Morgan fingerprint density at radius 1 is 1.73 bits per heavy atom. The molecule has 1 aromatic heterocycles. The van der Waals surface area contributed by atoms with E-state index in [9.17, 15) is 10.1 Å². The van der Waals surface area contributed by atoms with Gasteiger partial charge in [0, 0.05) is 12.1 Å². The van der Waals surface area contributed by atoms with Crippen LogP contribution >= 0.6 is 0 Å². The third-order valence-electron chi connectivity index (χ3n) is 1.25. The maximum atomic E-state index is 10.2. The molecular formula is C6H8N3O2+. The van der Waals surface area contributed by atoms with Crippen LogP contribution in [0.25, 0.3) is 0 Å². The fourth-order valence-electron chi connectivity index (χ4n) is 0.710. The lowest BCUT2D eigenvalue weighted by Gasteiger charge is -1.90. The van der Waals surface area contributed by atoms with E-state index in [-0.39, 0.29) is 5.69 Å². The maximum absolute atomic E-state index is 10.2. The van der Waals surface area contributed by atoms with Crippen molar-refractivity contribution in [3.05, 3.63) is 34.6 Å². The molecule has 0 spiro atoms. The molecule has 0 aliphatic heterocycles. The quantitative estimate of drug-likeness (QED) is 0.372. The van der Waals surface area contributed by atoms with Crippen LogP contribution in [-0.4, -0.2) is 12.0 Å². The molecule has 58 valence electrons. The monoisotopic (exact) mass is 154 g/mol. The molecule has 1 heterocycles. The molecule has 0 radical (unpaired) electrons. The summed E-state index contributed by atoms with van der Waals surface area (Å²) in [6.07, 6.45) is 3.09. The van der Waals surface area contributed by atoms with E-state index in [4.69, 9.17) is 0 Å². The highest BCUT2D eigenvalue weighted by molar-refractivity contribution is 5.21. The molecule has 0 aliphatic carbocycles. The SMILES string of the molecule is CN[n+]1cccc([N+](=O)[O-])c1. The summed E-state index contributed by atoms with van der Waals surface area (Å²) < 4.78 is 1.51. The number of rotatable bonds is 2. The van der Waals surface area contributed by atoms with Gasteiger partial charge in [-0.3, -0.25) is 10.1 Å². The van der Waals surface area contributed by atoms with Crippen LogP contribution < -0.4 is 10.1 Å². The molecule has 0 aromatic carbocycles. The first-order valence-corrected chi connectivity index (χ1v) is 3.07.